The van der Waals surface area contributed by atoms with Gasteiger partial charge in [-0.2, -0.15) is 13.9 Å². The average Bonchev–Trinajstić information content (AvgIpc) is 2.56. The van der Waals surface area contributed by atoms with E-state index in [0.717, 1.165) is 0 Å². The number of hydrogen-bond donors (Lipinski definition) is 1. The van der Waals surface area contributed by atoms with Crippen molar-refractivity contribution < 1.29 is 18.3 Å². The molecule has 0 amide bonds. The number of aromatic nitrogens is 2. The van der Waals surface area contributed by atoms with Crippen molar-refractivity contribution in [1.29, 1.82) is 0 Å². The maximum Gasteiger partial charge on any atom is 0.333 e. The topological polar surface area (TPSA) is 56.1 Å². The van der Waals surface area contributed by atoms with Crippen LogP contribution in [0, 0.1) is 6.92 Å². The van der Waals surface area contributed by atoms with Crippen LogP contribution in [-0.2, 0) is 9.53 Å². The monoisotopic (exact) mass is 219 g/mol. The molecule has 1 aromatic heterocycles. The fourth-order valence-corrected chi connectivity index (χ4v) is 1.03. The second-order valence-corrected chi connectivity index (χ2v) is 2.80. The van der Waals surface area contributed by atoms with Crippen molar-refractivity contribution in [2.75, 3.05) is 19.0 Å². The minimum Gasteiger partial charge on any atom is -0.468 e. The molecule has 15 heavy (non-hydrogen) atoms. The molecule has 0 aliphatic carbocycles. The van der Waals surface area contributed by atoms with Crippen LogP contribution in [0.4, 0.5) is 14.5 Å². The molecule has 1 heterocycles. The summed E-state index contributed by atoms with van der Waals surface area (Å²) in [5, 5.41) is 6.12. The summed E-state index contributed by atoms with van der Waals surface area (Å²) in [5.41, 5.74) is 0.662. The van der Waals surface area contributed by atoms with Crippen LogP contribution in [0.3, 0.4) is 0 Å². The van der Waals surface area contributed by atoms with Gasteiger partial charge in [0.2, 0.25) is 0 Å². The smallest absolute Gasteiger partial charge is 0.333 e. The molecule has 0 fully saturated rings. The Labute approximate surface area is 85.0 Å². The van der Waals surface area contributed by atoms with E-state index in [9.17, 15) is 13.6 Å². The van der Waals surface area contributed by atoms with Crippen molar-refractivity contribution in [3.05, 3.63) is 11.9 Å². The maximum absolute atomic E-state index is 12.3. The summed E-state index contributed by atoms with van der Waals surface area (Å²) in [6, 6.07) is 0. The van der Waals surface area contributed by atoms with E-state index in [-0.39, 0.29) is 12.2 Å². The molecule has 0 aromatic carbocycles. The van der Waals surface area contributed by atoms with Gasteiger partial charge < -0.3 is 10.1 Å². The van der Waals surface area contributed by atoms with Gasteiger partial charge in [-0.25, -0.2) is 4.68 Å². The molecule has 0 saturated carbocycles. The highest BCUT2D eigenvalue weighted by molar-refractivity contribution is 5.74. The first-order valence-electron chi connectivity index (χ1n) is 4.19. The number of anilines is 1. The Morgan fingerprint density at radius 2 is 2.40 bits per heavy atom. The van der Waals surface area contributed by atoms with E-state index in [0.29, 0.717) is 10.4 Å². The van der Waals surface area contributed by atoms with Crippen LogP contribution < -0.4 is 5.32 Å². The highest BCUT2D eigenvalue weighted by Gasteiger charge is 2.13. The summed E-state index contributed by atoms with van der Waals surface area (Å²) in [7, 11) is 1.25. The summed E-state index contributed by atoms with van der Waals surface area (Å²) < 4.78 is 29.5. The molecule has 0 spiro atoms. The molecule has 0 aliphatic rings. The summed E-state index contributed by atoms with van der Waals surface area (Å²) in [6.07, 6.45) is 1.24. The number of alkyl halides is 2. The second-order valence-electron chi connectivity index (χ2n) is 2.80. The number of carbonyl (C=O) groups excluding carboxylic acids is 1. The van der Waals surface area contributed by atoms with Crippen molar-refractivity contribution in [2.24, 2.45) is 0 Å². The summed E-state index contributed by atoms with van der Waals surface area (Å²) in [5.74, 6) is -0.473. The molecule has 0 bridgehead atoms. The number of rotatable bonds is 4. The van der Waals surface area contributed by atoms with Gasteiger partial charge in [-0.15, -0.1) is 0 Å². The Morgan fingerprint density at radius 3 is 2.87 bits per heavy atom. The predicted molar refractivity (Wildman–Crippen MR) is 48.7 cm³/mol. The zero-order chi connectivity index (χ0) is 11.4. The van der Waals surface area contributed by atoms with Gasteiger partial charge in [0, 0.05) is 0 Å². The summed E-state index contributed by atoms with van der Waals surface area (Å²) in [6.45, 7) is -1.27. The molecule has 0 aliphatic heterocycles. The number of nitrogens with one attached hydrogen (secondary N) is 1. The van der Waals surface area contributed by atoms with Crippen molar-refractivity contribution in [3.63, 3.8) is 0 Å². The van der Waals surface area contributed by atoms with E-state index in [1.54, 1.807) is 0 Å². The quantitative estimate of drug-likeness (QED) is 0.772. The predicted octanol–water partition coefficient (Wildman–Crippen LogP) is 1.17. The lowest BCUT2D eigenvalue weighted by Gasteiger charge is -2.05. The number of esters is 1. The SMILES string of the molecule is COC(=O)CNc1cnn(C(F)F)c1C. The molecule has 84 valence electrons. The average molecular weight is 219 g/mol. The lowest BCUT2D eigenvalue weighted by atomic mass is 10.4. The lowest BCUT2D eigenvalue weighted by molar-refractivity contribution is -0.138. The van der Waals surface area contributed by atoms with E-state index >= 15 is 0 Å². The number of halogens is 2. The van der Waals surface area contributed by atoms with Gasteiger partial charge >= 0.3 is 12.5 Å². The normalized spacial score (nSPS) is 10.5. The largest absolute Gasteiger partial charge is 0.468 e. The van der Waals surface area contributed by atoms with Gasteiger partial charge in [0.25, 0.3) is 0 Å². The second kappa shape index (κ2) is 4.72. The molecular weight excluding hydrogens is 208 g/mol. The van der Waals surface area contributed by atoms with Gasteiger partial charge in [-0.1, -0.05) is 0 Å². The third kappa shape index (κ3) is 2.64. The molecule has 0 radical (unpaired) electrons. The number of methoxy groups -OCH3 is 1. The molecule has 1 aromatic rings. The van der Waals surface area contributed by atoms with Crippen LogP contribution >= 0.6 is 0 Å². The van der Waals surface area contributed by atoms with E-state index < -0.39 is 12.5 Å². The van der Waals surface area contributed by atoms with E-state index in [2.05, 4.69) is 15.2 Å². The first-order valence-corrected chi connectivity index (χ1v) is 4.19. The maximum atomic E-state index is 12.3. The zero-order valence-electron chi connectivity index (χ0n) is 8.33. The van der Waals surface area contributed by atoms with Crippen molar-refractivity contribution >= 4 is 11.7 Å². The van der Waals surface area contributed by atoms with E-state index in [1.807, 2.05) is 0 Å². The third-order valence-corrected chi connectivity index (χ3v) is 1.88. The number of nitrogens with zero attached hydrogens (tertiary/aromatic N) is 2. The highest BCUT2D eigenvalue weighted by Crippen LogP contribution is 2.19. The van der Waals surface area contributed by atoms with Gasteiger partial charge in [0.1, 0.15) is 6.54 Å². The lowest BCUT2D eigenvalue weighted by Crippen LogP contribution is -2.15. The van der Waals surface area contributed by atoms with Crippen molar-refractivity contribution in [1.82, 2.24) is 9.78 Å². The van der Waals surface area contributed by atoms with Crippen LogP contribution in [-0.4, -0.2) is 29.4 Å². The first-order chi connectivity index (χ1) is 7.06. The van der Waals surface area contributed by atoms with Crippen LogP contribution in [0.15, 0.2) is 6.20 Å². The Morgan fingerprint density at radius 1 is 1.73 bits per heavy atom. The Bertz CT molecular complexity index is 352. The molecule has 1 N–H and O–H groups in total. The summed E-state index contributed by atoms with van der Waals surface area (Å²) in [4.78, 5) is 10.8. The Hall–Kier alpha value is -1.66. The fourth-order valence-electron chi connectivity index (χ4n) is 1.03. The first kappa shape index (κ1) is 11.4. The Kier molecular flexibility index (Phi) is 3.59. The molecule has 0 saturated heterocycles. The van der Waals surface area contributed by atoms with Crippen molar-refractivity contribution in [2.45, 2.75) is 13.5 Å². The highest BCUT2D eigenvalue weighted by atomic mass is 19.3. The molecule has 1 rings (SSSR count). The van der Waals surface area contributed by atoms with E-state index in [1.165, 1.54) is 20.2 Å². The molecule has 5 nitrogen and oxygen atoms in total. The summed E-state index contributed by atoms with van der Waals surface area (Å²) >= 11 is 0. The van der Waals surface area contributed by atoms with E-state index in [4.69, 9.17) is 0 Å². The number of carbonyl (C=O) groups is 1. The van der Waals surface area contributed by atoms with Crippen LogP contribution in [0.25, 0.3) is 0 Å². The molecule has 0 unspecified atom stereocenters. The van der Waals surface area contributed by atoms with Gasteiger partial charge in [0.15, 0.2) is 0 Å². The molecule has 0 atom stereocenters. The van der Waals surface area contributed by atoms with Crippen LogP contribution in [0.2, 0.25) is 0 Å². The number of hydrogen-bond acceptors (Lipinski definition) is 4. The van der Waals surface area contributed by atoms with Crippen LogP contribution in [0.5, 0.6) is 0 Å². The Balaban J connectivity index is 2.67. The molecular formula is C8H11F2N3O2. The zero-order valence-corrected chi connectivity index (χ0v) is 8.33. The minimum absolute atomic E-state index is 0.0771. The van der Waals surface area contributed by atoms with Gasteiger partial charge in [-0.05, 0) is 6.92 Å². The standard InChI is InChI=1S/C8H11F2N3O2/c1-5-6(11-4-7(14)15-2)3-12-13(5)8(9)10/h3,8,11H,4H2,1-2H3. The third-order valence-electron chi connectivity index (χ3n) is 1.88. The number of ether oxygens (including phenoxy) is 1. The van der Waals surface area contributed by atoms with Crippen LogP contribution in [0.1, 0.15) is 12.2 Å². The molecule has 7 heteroatoms. The van der Waals surface area contributed by atoms with Crippen molar-refractivity contribution in [3.8, 4) is 0 Å². The van der Waals surface area contributed by atoms with Gasteiger partial charge in [-0.3, -0.25) is 4.79 Å². The fraction of sp³-hybridized carbons (Fsp3) is 0.500. The van der Waals surface area contributed by atoms with Gasteiger partial charge in [0.05, 0.1) is 24.7 Å². The minimum atomic E-state index is -2.68.